The molecule has 0 unspecified atom stereocenters. The molecule has 0 bridgehead atoms. The topological polar surface area (TPSA) is 97.4 Å². The third kappa shape index (κ3) is 13.4. The van der Waals surface area contributed by atoms with Crippen molar-refractivity contribution in [3.63, 3.8) is 0 Å². The maximum absolute atomic E-state index is 13.9. The van der Waals surface area contributed by atoms with Crippen LogP contribution in [0.25, 0.3) is 11.1 Å². The Hall–Kier alpha value is -4.83. The molecule has 0 fully saturated rings. The second kappa shape index (κ2) is 20.1. The molecule has 0 saturated heterocycles. The highest BCUT2D eigenvalue weighted by Gasteiger charge is 2.14. The third-order valence-corrected chi connectivity index (χ3v) is 5.56. The van der Waals surface area contributed by atoms with E-state index in [4.69, 9.17) is 23.7 Å². The summed E-state index contributed by atoms with van der Waals surface area (Å²) in [5, 5.41) is 0. The van der Waals surface area contributed by atoms with Gasteiger partial charge in [-0.05, 0) is 72.5 Å². The van der Waals surface area contributed by atoms with Gasteiger partial charge in [0.15, 0.2) is 23.1 Å². The largest absolute Gasteiger partial charge is 0.494 e. The van der Waals surface area contributed by atoms with Gasteiger partial charge in [-0.2, -0.15) is 12.6 Å². The number of thiol groups is 1. The van der Waals surface area contributed by atoms with Gasteiger partial charge in [0.1, 0.15) is 37.3 Å². The first-order valence-corrected chi connectivity index (χ1v) is 13.7. The summed E-state index contributed by atoms with van der Waals surface area (Å²) in [6.45, 7) is 14.1. The number of hydrogen-bond donors (Lipinski definition) is 1. The van der Waals surface area contributed by atoms with Crippen LogP contribution >= 0.6 is 12.6 Å². The molecule has 3 aromatic rings. The molecule has 44 heavy (non-hydrogen) atoms. The molecule has 0 amide bonds. The molecular weight excluding hydrogens is 587 g/mol. The number of benzene rings is 3. The number of ether oxygens (including phenoxy) is 5. The van der Waals surface area contributed by atoms with Gasteiger partial charge in [0, 0.05) is 17.4 Å². The Morgan fingerprint density at radius 1 is 0.750 bits per heavy atom. The fraction of sp³-hybridized carbons (Fsp3) is 0.206. The summed E-state index contributed by atoms with van der Waals surface area (Å²) < 4.78 is 40.9. The van der Waals surface area contributed by atoms with Crippen LogP contribution in [0.5, 0.6) is 28.7 Å². The van der Waals surface area contributed by atoms with Crippen molar-refractivity contribution in [2.45, 2.75) is 13.8 Å². The SMILES string of the molecule is C=C(C)C=O.C=C(C)C=O.C=C(CS)C(=O)Oc1cc(OCCOc2ccc(-c3ccc(OC)c(F)c3)cc2)ccc1OC. The van der Waals surface area contributed by atoms with Crippen molar-refractivity contribution in [2.24, 2.45) is 0 Å². The minimum Gasteiger partial charge on any atom is -0.494 e. The molecule has 0 spiro atoms. The second-order valence-electron chi connectivity index (χ2n) is 8.96. The zero-order valence-electron chi connectivity index (χ0n) is 25.3. The Bertz CT molecular complexity index is 1420. The van der Waals surface area contributed by atoms with Crippen molar-refractivity contribution >= 4 is 31.2 Å². The normalized spacial score (nSPS) is 9.50. The maximum atomic E-state index is 13.9. The van der Waals surface area contributed by atoms with Crippen LogP contribution in [-0.2, 0) is 14.4 Å². The van der Waals surface area contributed by atoms with E-state index in [2.05, 4.69) is 32.4 Å². The minimum absolute atomic E-state index is 0.187. The van der Waals surface area contributed by atoms with Gasteiger partial charge in [0.2, 0.25) is 0 Å². The van der Waals surface area contributed by atoms with Crippen LogP contribution in [0, 0.1) is 5.82 Å². The smallest absolute Gasteiger partial charge is 0.339 e. The van der Waals surface area contributed by atoms with Crippen LogP contribution in [0.4, 0.5) is 4.39 Å². The van der Waals surface area contributed by atoms with Gasteiger partial charge in [-0.3, -0.25) is 9.59 Å². The summed E-state index contributed by atoms with van der Waals surface area (Å²) in [5.41, 5.74) is 2.97. The van der Waals surface area contributed by atoms with Crippen LogP contribution in [0.3, 0.4) is 0 Å². The highest BCUT2D eigenvalue weighted by Crippen LogP contribution is 2.32. The molecule has 10 heteroatoms. The van der Waals surface area contributed by atoms with Gasteiger partial charge in [-0.15, -0.1) is 0 Å². The summed E-state index contributed by atoms with van der Waals surface area (Å²) in [6.07, 6.45) is 1.44. The Kier molecular flexibility index (Phi) is 17.0. The lowest BCUT2D eigenvalue weighted by atomic mass is 10.1. The Morgan fingerprint density at radius 3 is 1.70 bits per heavy atom. The lowest BCUT2D eigenvalue weighted by Crippen LogP contribution is -2.12. The number of halogens is 1. The minimum atomic E-state index is -0.588. The highest BCUT2D eigenvalue weighted by atomic mass is 32.1. The molecule has 0 aliphatic heterocycles. The van der Waals surface area contributed by atoms with Crippen LogP contribution in [0.15, 0.2) is 97.1 Å². The van der Waals surface area contributed by atoms with Gasteiger partial charge < -0.3 is 23.7 Å². The van der Waals surface area contributed by atoms with Gasteiger partial charge >= 0.3 is 5.97 Å². The molecule has 0 saturated carbocycles. The molecule has 0 aliphatic rings. The van der Waals surface area contributed by atoms with Gasteiger partial charge in [-0.25, -0.2) is 9.18 Å². The Morgan fingerprint density at radius 2 is 1.23 bits per heavy atom. The van der Waals surface area contributed by atoms with Crippen molar-refractivity contribution in [1.82, 2.24) is 0 Å². The Balaban J connectivity index is 0.000000837. The zero-order chi connectivity index (χ0) is 33.1. The lowest BCUT2D eigenvalue weighted by molar-refractivity contribution is -0.130. The summed E-state index contributed by atoms with van der Waals surface area (Å²) >= 11 is 4.02. The number of esters is 1. The quantitative estimate of drug-likeness (QED) is 0.0549. The molecule has 8 nitrogen and oxygen atoms in total. The van der Waals surface area contributed by atoms with Crippen LogP contribution in [-0.4, -0.2) is 51.7 Å². The van der Waals surface area contributed by atoms with Gasteiger partial charge in [0.25, 0.3) is 0 Å². The Labute approximate surface area is 263 Å². The fourth-order valence-corrected chi connectivity index (χ4v) is 3.10. The first-order valence-electron chi connectivity index (χ1n) is 13.1. The molecule has 0 heterocycles. The first-order chi connectivity index (χ1) is 21.0. The molecule has 0 aliphatic carbocycles. The number of aldehydes is 2. The van der Waals surface area contributed by atoms with E-state index in [9.17, 15) is 18.8 Å². The summed E-state index contributed by atoms with van der Waals surface area (Å²) in [5.74, 6) is 1.13. The van der Waals surface area contributed by atoms with E-state index in [0.717, 1.165) is 23.7 Å². The van der Waals surface area contributed by atoms with Crippen molar-refractivity contribution < 1.29 is 42.5 Å². The number of methoxy groups -OCH3 is 2. The number of carbonyl (C=O) groups excluding carboxylic acids is 3. The van der Waals surface area contributed by atoms with Gasteiger partial charge in [0.05, 0.1) is 14.2 Å². The molecule has 0 radical (unpaired) electrons. The molecule has 3 rings (SSSR count). The van der Waals surface area contributed by atoms with E-state index in [1.54, 1.807) is 56.3 Å². The summed E-state index contributed by atoms with van der Waals surface area (Å²) in [4.78, 5) is 30.8. The molecule has 0 atom stereocenters. The van der Waals surface area contributed by atoms with E-state index >= 15 is 0 Å². The van der Waals surface area contributed by atoms with E-state index in [1.807, 2.05) is 12.1 Å². The monoisotopic (exact) mass is 624 g/mol. The highest BCUT2D eigenvalue weighted by molar-refractivity contribution is 7.80. The third-order valence-electron chi connectivity index (χ3n) is 5.18. The van der Waals surface area contributed by atoms with Crippen LogP contribution < -0.4 is 23.7 Å². The lowest BCUT2D eigenvalue weighted by Gasteiger charge is -2.13. The van der Waals surface area contributed by atoms with E-state index in [1.165, 1.54) is 20.3 Å². The average Bonchev–Trinajstić information content (AvgIpc) is 3.03. The van der Waals surface area contributed by atoms with Crippen molar-refractivity contribution in [3.8, 4) is 39.9 Å². The summed E-state index contributed by atoms with van der Waals surface area (Å²) in [6, 6.07) is 17.0. The van der Waals surface area contributed by atoms with Gasteiger partial charge in [-0.1, -0.05) is 37.9 Å². The predicted molar refractivity (Wildman–Crippen MR) is 173 cm³/mol. The van der Waals surface area contributed by atoms with Crippen molar-refractivity contribution in [3.05, 3.63) is 103 Å². The van der Waals surface area contributed by atoms with E-state index < -0.39 is 11.8 Å². The standard InChI is InChI=1S/C26H25FO6S.2C4H6O/c1-17(16-34)26(28)33-25-15-21(9-11-24(25)30-3)32-13-12-31-20-7-4-18(5-8-20)19-6-10-23(29-2)22(27)14-19;2*1-4(2)3-5/h4-11,14-15,34H,1,12-13,16H2,2-3H3;2*3H,1H2,2H3. The maximum Gasteiger partial charge on any atom is 0.339 e. The number of allylic oxidation sites excluding steroid dienone is 2. The molecule has 0 N–H and O–H groups in total. The predicted octanol–water partition coefficient (Wildman–Crippen LogP) is 6.88. The molecule has 3 aromatic carbocycles. The number of carbonyl (C=O) groups is 3. The van der Waals surface area contributed by atoms with Crippen molar-refractivity contribution in [2.75, 3.05) is 33.2 Å². The molecular formula is C34H37FO8S. The van der Waals surface area contributed by atoms with E-state index in [0.29, 0.717) is 28.4 Å². The fourth-order valence-electron chi connectivity index (χ4n) is 2.97. The van der Waals surface area contributed by atoms with E-state index in [-0.39, 0.29) is 36.0 Å². The molecule has 234 valence electrons. The number of hydrogen-bond acceptors (Lipinski definition) is 9. The zero-order valence-corrected chi connectivity index (χ0v) is 26.2. The van der Waals surface area contributed by atoms with Crippen molar-refractivity contribution in [1.29, 1.82) is 0 Å². The summed E-state index contributed by atoms with van der Waals surface area (Å²) in [7, 11) is 2.91. The molecule has 0 aromatic heterocycles. The average molecular weight is 625 g/mol. The number of rotatable bonds is 13. The van der Waals surface area contributed by atoms with Crippen LogP contribution in [0.2, 0.25) is 0 Å². The second-order valence-corrected chi connectivity index (χ2v) is 9.28. The first kappa shape index (κ1) is 37.2. The van der Waals surface area contributed by atoms with Crippen LogP contribution in [0.1, 0.15) is 13.8 Å².